The largest absolute Gasteiger partial charge is 0.339 e. The molecule has 0 amide bonds. The van der Waals surface area contributed by atoms with Crippen molar-refractivity contribution in [3.63, 3.8) is 0 Å². The highest BCUT2D eigenvalue weighted by molar-refractivity contribution is 7.11. The van der Waals surface area contributed by atoms with Crippen LogP contribution in [0.15, 0.2) is 24.7 Å². The van der Waals surface area contributed by atoms with Gasteiger partial charge in [-0.25, -0.2) is 15.0 Å². The SMILES string of the molecule is CC(C)(C)c1ncc(CNC2CCCN(c3ncccn3)C2)s1. The van der Waals surface area contributed by atoms with Gasteiger partial charge in [0.05, 0.1) is 5.01 Å². The number of rotatable bonds is 4. The number of thiazole rings is 1. The Hall–Kier alpha value is -1.53. The fourth-order valence-electron chi connectivity index (χ4n) is 2.76. The maximum Gasteiger partial charge on any atom is 0.225 e. The number of aromatic nitrogens is 3. The van der Waals surface area contributed by atoms with Gasteiger partial charge in [-0.1, -0.05) is 20.8 Å². The van der Waals surface area contributed by atoms with Gasteiger partial charge in [-0.05, 0) is 18.9 Å². The van der Waals surface area contributed by atoms with E-state index in [0.717, 1.165) is 25.6 Å². The van der Waals surface area contributed by atoms with Crippen molar-refractivity contribution >= 4 is 17.3 Å². The molecule has 5 nitrogen and oxygen atoms in total. The fourth-order valence-corrected chi connectivity index (χ4v) is 3.68. The smallest absolute Gasteiger partial charge is 0.225 e. The van der Waals surface area contributed by atoms with Gasteiger partial charge >= 0.3 is 0 Å². The van der Waals surface area contributed by atoms with Crippen LogP contribution in [0.2, 0.25) is 0 Å². The lowest BCUT2D eigenvalue weighted by atomic mass is 9.98. The van der Waals surface area contributed by atoms with Gasteiger partial charge in [0.2, 0.25) is 5.95 Å². The molecule has 1 unspecified atom stereocenters. The summed E-state index contributed by atoms with van der Waals surface area (Å²) in [6.45, 7) is 9.53. The molecule has 0 saturated carbocycles. The van der Waals surface area contributed by atoms with Gasteiger partial charge < -0.3 is 10.2 Å². The first-order chi connectivity index (χ1) is 11.0. The van der Waals surface area contributed by atoms with Crippen LogP contribution in [-0.2, 0) is 12.0 Å². The quantitative estimate of drug-likeness (QED) is 0.933. The molecule has 0 aliphatic carbocycles. The van der Waals surface area contributed by atoms with Crippen molar-refractivity contribution in [2.75, 3.05) is 18.0 Å². The third-order valence-electron chi connectivity index (χ3n) is 4.02. The van der Waals surface area contributed by atoms with Gasteiger partial charge in [-0.3, -0.25) is 0 Å². The summed E-state index contributed by atoms with van der Waals surface area (Å²) >= 11 is 1.81. The molecule has 0 spiro atoms. The molecule has 1 saturated heterocycles. The summed E-state index contributed by atoms with van der Waals surface area (Å²) in [7, 11) is 0. The summed E-state index contributed by atoms with van der Waals surface area (Å²) in [5, 5.41) is 4.88. The van der Waals surface area contributed by atoms with Crippen molar-refractivity contribution in [2.24, 2.45) is 0 Å². The Morgan fingerprint density at radius 1 is 1.26 bits per heavy atom. The monoisotopic (exact) mass is 331 g/mol. The Kier molecular flexibility index (Phi) is 4.92. The molecule has 0 bridgehead atoms. The second-order valence-corrected chi connectivity index (χ2v) is 8.21. The van der Waals surface area contributed by atoms with E-state index < -0.39 is 0 Å². The third kappa shape index (κ3) is 4.26. The lowest BCUT2D eigenvalue weighted by Gasteiger charge is -2.33. The molecule has 1 atom stereocenters. The number of anilines is 1. The van der Waals surface area contributed by atoms with E-state index >= 15 is 0 Å². The van der Waals surface area contributed by atoms with E-state index in [1.54, 1.807) is 0 Å². The van der Waals surface area contributed by atoms with Crippen LogP contribution >= 0.6 is 11.3 Å². The third-order valence-corrected chi connectivity index (χ3v) is 5.44. The van der Waals surface area contributed by atoms with Crippen LogP contribution in [0.1, 0.15) is 43.5 Å². The minimum absolute atomic E-state index is 0.134. The number of piperidine rings is 1. The van der Waals surface area contributed by atoms with Crippen molar-refractivity contribution in [3.05, 3.63) is 34.5 Å². The zero-order valence-electron chi connectivity index (χ0n) is 14.1. The number of nitrogens with one attached hydrogen (secondary N) is 1. The van der Waals surface area contributed by atoms with Crippen molar-refractivity contribution in [2.45, 2.75) is 51.6 Å². The minimum Gasteiger partial charge on any atom is -0.339 e. The van der Waals surface area contributed by atoms with Crippen molar-refractivity contribution in [1.82, 2.24) is 20.3 Å². The lowest BCUT2D eigenvalue weighted by molar-refractivity contribution is 0.419. The van der Waals surface area contributed by atoms with E-state index in [1.807, 2.05) is 36.0 Å². The number of hydrogen-bond donors (Lipinski definition) is 1. The van der Waals surface area contributed by atoms with Crippen LogP contribution in [0.5, 0.6) is 0 Å². The molecular weight excluding hydrogens is 306 g/mol. The average molecular weight is 331 g/mol. The Labute approximate surface area is 142 Å². The van der Waals surface area contributed by atoms with Crippen molar-refractivity contribution in [1.29, 1.82) is 0 Å². The predicted octanol–water partition coefficient (Wildman–Crippen LogP) is 2.99. The molecule has 3 rings (SSSR count). The molecule has 1 aliphatic heterocycles. The highest BCUT2D eigenvalue weighted by Gasteiger charge is 2.22. The van der Waals surface area contributed by atoms with Gasteiger partial charge in [0.15, 0.2) is 0 Å². The Morgan fingerprint density at radius 3 is 2.74 bits per heavy atom. The zero-order chi connectivity index (χ0) is 16.3. The Bertz CT molecular complexity index is 619. The molecule has 0 radical (unpaired) electrons. The van der Waals surface area contributed by atoms with E-state index in [4.69, 9.17) is 0 Å². The molecule has 2 aromatic rings. The van der Waals surface area contributed by atoms with Gasteiger partial charge in [0.1, 0.15) is 0 Å². The molecule has 0 aromatic carbocycles. The first-order valence-electron chi connectivity index (χ1n) is 8.23. The first kappa shape index (κ1) is 16.3. The van der Waals surface area contributed by atoms with Crippen LogP contribution in [0.3, 0.4) is 0 Å². The van der Waals surface area contributed by atoms with Crippen LogP contribution in [0, 0.1) is 0 Å². The molecule has 1 N–H and O–H groups in total. The maximum absolute atomic E-state index is 4.56. The first-order valence-corrected chi connectivity index (χ1v) is 9.04. The van der Waals surface area contributed by atoms with Gasteiger partial charge in [0.25, 0.3) is 0 Å². The summed E-state index contributed by atoms with van der Waals surface area (Å²) < 4.78 is 0. The molecule has 3 heterocycles. The average Bonchev–Trinajstić information content (AvgIpc) is 3.03. The molecule has 6 heteroatoms. The van der Waals surface area contributed by atoms with Crippen molar-refractivity contribution < 1.29 is 0 Å². The predicted molar refractivity (Wildman–Crippen MR) is 94.9 cm³/mol. The second-order valence-electron chi connectivity index (χ2n) is 7.10. The standard InChI is InChI=1S/C17H25N5S/c1-17(2,3)15-21-11-14(23-15)10-20-13-6-4-9-22(12-13)16-18-7-5-8-19-16/h5,7-8,11,13,20H,4,6,9-10,12H2,1-3H3. The summed E-state index contributed by atoms with van der Waals surface area (Å²) in [5.41, 5.74) is 0.134. The molecule has 124 valence electrons. The van der Waals surface area contributed by atoms with Crippen LogP contribution < -0.4 is 10.2 Å². The zero-order valence-corrected chi connectivity index (χ0v) is 14.9. The minimum atomic E-state index is 0.134. The Morgan fingerprint density at radius 2 is 2.04 bits per heavy atom. The van der Waals surface area contributed by atoms with E-state index in [2.05, 4.69) is 45.9 Å². The molecule has 1 fully saturated rings. The van der Waals surface area contributed by atoms with Gasteiger partial charge in [-0.15, -0.1) is 11.3 Å². The van der Waals surface area contributed by atoms with Gasteiger partial charge in [-0.2, -0.15) is 0 Å². The summed E-state index contributed by atoms with van der Waals surface area (Å²) in [6, 6.07) is 2.34. The number of nitrogens with zero attached hydrogens (tertiary/aromatic N) is 4. The maximum atomic E-state index is 4.56. The van der Waals surface area contributed by atoms with E-state index in [1.165, 1.54) is 22.7 Å². The van der Waals surface area contributed by atoms with Crippen LogP contribution in [0.25, 0.3) is 0 Å². The van der Waals surface area contributed by atoms with Gasteiger partial charge in [0, 0.05) is 54.6 Å². The number of hydrogen-bond acceptors (Lipinski definition) is 6. The second kappa shape index (κ2) is 6.93. The summed E-state index contributed by atoms with van der Waals surface area (Å²) in [6.07, 6.45) is 8.01. The van der Waals surface area contributed by atoms with E-state index in [9.17, 15) is 0 Å². The summed E-state index contributed by atoms with van der Waals surface area (Å²) in [5.74, 6) is 0.840. The van der Waals surface area contributed by atoms with E-state index in [0.29, 0.717) is 6.04 Å². The van der Waals surface area contributed by atoms with Crippen molar-refractivity contribution in [3.8, 4) is 0 Å². The van der Waals surface area contributed by atoms with E-state index in [-0.39, 0.29) is 5.41 Å². The molecule has 23 heavy (non-hydrogen) atoms. The normalized spacial score (nSPS) is 19.1. The molecular formula is C17H25N5S. The topological polar surface area (TPSA) is 53.9 Å². The highest BCUT2D eigenvalue weighted by atomic mass is 32.1. The molecule has 1 aliphatic rings. The highest BCUT2D eigenvalue weighted by Crippen LogP contribution is 2.27. The summed E-state index contributed by atoms with van der Waals surface area (Å²) in [4.78, 5) is 16.9. The fraction of sp³-hybridized carbons (Fsp3) is 0.588. The Balaban J connectivity index is 1.55. The van der Waals surface area contributed by atoms with Crippen LogP contribution in [0.4, 0.5) is 5.95 Å². The molecule has 2 aromatic heterocycles. The lowest BCUT2D eigenvalue weighted by Crippen LogP contribution is -2.46. The van der Waals surface area contributed by atoms with Crippen LogP contribution in [-0.4, -0.2) is 34.1 Å².